The van der Waals surface area contributed by atoms with Gasteiger partial charge >= 0.3 is 0 Å². The predicted molar refractivity (Wildman–Crippen MR) is 539 cm³/mol. The van der Waals surface area contributed by atoms with Crippen molar-refractivity contribution in [2.24, 2.45) is 0 Å². The van der Waals surface area contributed by atoms with Gasteiger partial charge in [-0.05, 0) is 210 Å². The fourth-order valence-electron chi connectivity index (χ4n) is 20.4. The quantitative estimate of drug-likeness (QED) is 0.0372. The van der Waals surface area contributed by atoms with E-state index in [1.165, 1.54) is 131 Å². The highest BCUT2D eigenvalue weighted by Gasteiger charge is 2.24. The number of fused-ring (bicyclic) bond motifs is 18. The maximum absolute atomic E-state index is 11.1. The summed E-state index contributed by atoms with van der Waals surface area (Å²) in [5.41, 5.74) is 18.7. The summed E-state index contributed by atoms with van der Waals surface area (Å²) in [5.74, 6) is 4.65. The molecule has 132 heavy (non-hydrogen) atoms. The van der Waals surface area contributed by atoms with Crippen LogP contribution in [0.2, 0.25) is 0 Å². The molecule has 1 aliphatic rings. The molecule has 20 aromatic rings. The van der Waals surface area contributed by atoms with Crippen molar-refractivity contribution in [2.45, 2.75) is 149 Å². The number of allylic oxidation sites excluding steroid dienone is 1. The van der Waals surface area contributed by atoms with Gasteiger partial charge in [-0.15, -0.1) is 0 Å². The highest BCUT2D eigenvalue weighted by atomic mass is 16.6. The van der Waals surface area contributed by atoms with E-state index in [4.69, 9.17) is 37.9 Å². The molecule has 15 heteroatoms. The van der Waals surface area contributed by atoms with Crippen LogP contribution in [0.1, 0.15) is 111 Å². The molecular weight excluding hydrogens is 1630 g/mol. The lowest BCUT2D eigenvalue weighted by Gasteiger charge is -2.20. The SMILES string of the molecule is OCc1cc(OCc2cc(OCCCCn3c4ccccc4c4ccccc43)c(OCCCCn3c4c(c5ccccc53)C=CCC4)c(OCCCCn3c4ccccc4c4ccccc43)c2)cc(OCc2cc(OCCCCn3c4ccccc4c4ccccc43)c(OCCCCn3c4ccccc4c4ccccc43)c(OCCCCn3c4ccccc4c4ccccc43)c2)c1. The largest absolute Gasteiger partial charge is 0.490 e. The average Bonchev–Trinajstić information content (AvgIpc) is 1.64. The van der Waals surface area contributed by atoms with E-state index in [2.05, 4.69) is 331 Å². The van der Waals surface area contributed by atoms with Crippen molar-refractivity contribution < 1.29 is 43.0 Å². The van der Waals surface area contributed by atoms with Gasteiger partial charge in [-0.25, -0.2) is 0 Å². The van der Waals surface area contributed by atoms with Crippen molar-refractivity contribution >= 4 is 126 Å². The number of hydrogen-bond acceptors (Lipinski definition) is 9. The Balaban J connectivity index is 0.561. The summed E-state index contributed by atoms with van der Waals surface area (Å²) in [6.07, 6.45) is 16.9. The van der Waals surface area contributed by atoms with Crippen LogP contribution in [0.15, 0.2) is 315 Å². The van der Waals surface area contributed by atoms with E-state index in [1.54, 1.807) is 0 Å². The number of aliphatic hydroxyl groups excluding tert-OH is 1. The smallest absolute Gasteiger partial charge is 0.203 e. The van der Waals surface area contributed by atoms with Crippen LogP contribution in [0.5, 0.6) is 46.0 Å². The molecule has 0 amide bonds. The van der Waals surface area contributed by atoms with Gasteiger partial charge in [0.1, 0.15) is 24.7 Å². The topological polar surface area (TPSA) is 124 Å². The first-order valence-corrected chi connectivity index (χ1v) is 47.7. The van der Waals surface area contributed by atoms with Gasteiger partial charge in [0, 0.05) is 177 Å². The summed E-state index contributed by atoms with van der Waals surface area (Å²) < 4.78 is 70.9. The molecule has 1 N–H and O–H groups in total. The van der Waals surface area contributed by atoms with Gasteiger partial charge in [0.2, 0.25) is 11.5 Å². The number of rotatable bonds is 43. The van der Waals surface area contributed by atoms with E-state index in [9.17, 15) is 5.11 Å². The number of benzene rings is 14. The summed E-state index contributed by atoms with van der Waals surface area (Å²) in [4.78, 5) is 0. The molecule has 6 aromatic heterocycles. The van der Waals surface area contributed by atoms with Crippen molar-refractivity contribution in [1.29, 1.82) is 0 Å². The van der Waals surface area contributed by atoms with Gasteiger partial charge < -0.3 is 70.4 Å². The van der Waals surface area contributed by atoms with Crippen LogP contribution in [0, 0.1) is 0 Å². The van der Waals surface area contributed by atoms with E-state index < -0.39 is 0 Å². The number of para-hydroxylation sites is 11. The second-order valence-corrected chi connectivity index (χ2v) is 35.1. The van der Waals surface area contributed by atoms with E-state index >= 15 is 0 Å². The minimum absolute atomic E-state index is 0.143. The van der Waals surface area contributed by atoms with E-state index in [-0.39, 0.29) is 19.8 Å². The number of aromatic nitrogens is 6. The number of aliphatic hydroxyl groups is 1. The second-order valence-electron chi connectivity index (χ2n) is 35.1. The van der Waals surface area contributed by atoms with E-state index in [1.807, 2.05) is 18.2 Å². The molecular formula is C117H112N6O9. The number of aryl methyl sites for hydroxylation is 6. The Hall–Kier alpha value is -14.3. The first kappa shape index (κ1) is 84.6. The molecule has 0 bridgehead atoms. The molecule has 15 nitrogen and oxygen atoms in total. The van der Waals surface area contributed by atoms with Crippen LogP contribution in [0.3, 0.4) is 0 Å². The monoisotopic (exact) mass is 1740 g/mol. The Kier molecular flexibility index (Phi) is 25.4. The van der Waals surface area contributed by atoms with Crippen molar-refractivity contribution in [2.75, 3.05) is 39.6 Å². The molecule has 0 atom stereocenters. The fourth-order valence-corrected chi connectivity index (χ4v) is 20.4. The Morgan fingerprint density at radius 1 is 0.227 bits per heavy atom. The molecule has 0 radical (unpaired) electrons. The number of ether oxygens (including phenoxy) is 8. The van der Waals surface area contributed by atoms with Crippen molar-refractivity contribution in [1.82, 2.24) is 27.4 Å². The lowest BCUT2D eigenvalue weighted by atomic mass is 10.0. The molecule has 14 aromatic carbocycles. The fraction of sp³-hybridized carbons (Fsp3) is 0.248. The molecule has 6 heterocycles. The molecule has 664 valence electrons. The zero-order valence-electron chi connectivity index (χ0n) is 75.0. The van der Waals surface area contributed by atoms with Crippen molar-refractivity contribution in [3.05, 3.63) is 343 Å². The highest BCUT2D eigenvalue weighted by Crippen LogP contribution is 2.45. The number of unbranched alkanes of at least 4 members (excludes halogenated alkanes) is 6. The minimum Gasteiger partial charge on any atom is -0.490 e. The number of nitrogens with zero attached hydrogens (tertiary/aromatic N) is 6. The molecule has 1 aliphatic carbocycles. The van der Waals surface area contributed by atoms with Gasteiger partial charge in [0.15, 0.2) is 23.0 Å². The summed E-state index contributed by atoms with van der Waals surface area (Å²) >= 11 is 0. The van der Waals surface area contributed by atoms with Crippen LogP contribution in [-0.4, -0.2) is 72.2 Å². The maximum Gasteiger partial charge on any atom is 0.203 e. The van der Waals surface area contributed by atoms with Crippen LogP contribution in [0.4, 0.5) is 0 Å². The maximum atomic E-state index is 11.1. The molecule has 0 aliphatic heterocycles. The Morgan fingerprint density at radius 3 is 0.727 bits per heavy atom. The Labute approximate surface area is 769 Å². The summed E-state index contributed by atoms with van der Waals surface area (Å²) in [6.45, 7) is 7.83. The lowest BCUT2D eigenvalue weighted by molar-refractivity contribution is 0.231. The van der Waals surface area contributed by atoms with Crippen LogP contribution in [0.25, 0.3) is 126 Å². The van der Waals surface area contributed by atoms with E-state index in [0.29, 0.717) is 91.2 Å². The van der Waals surface area contributed by atoms with Gasteiger partial charge in [0.05, 0.1) is 46.2 Å². The molecule has 0 spiro atoms. The summed E-state index contributed by atoms with van der Waals surface area (Å²) in [6, 6.07) is 110. The zero-order valence-corrected chi connectivity index (χ0v) is 75.0. The summed E-state index contributed by atoms with van der Waals surface area (Å²) in [7, 11) is 0. The highest BCUT2D eigenvalue weighted by molar-refractivity contribution is 6.12. The average molecular weight is 1750 g/mol. The normalized spacial score (nSPS) is 12.2. The first-order valence-electron chi connectivity index (χ1n) is 47.7. The molecule has 0 fully saturated rings. The third kappa shape index (κ3) is 17.7. The van der Waals surface area contributed by atoms with Gasteiger partial charge in [-0.3, -0.25) is 0 Å². The Morgan fingerprint density at radius 2 is 0.462 bits per heavy atom. The minimum atomic E-state index is -0.237. The standard InChI is InChI=1S/C117H112N6O9/c124-80-83-73-86(131-81-84-75-112(125-67-31-25-61-118-100-49-13-1-37-88(100)89-38-2-14-50-101(89)118)116(129-71-35-29-65-122-108-57-21-9-45-96(108)97-46-10-22-58-109(97)122)113(76-84)126-68-32-26-62-119-102-51-15-3-39-90(102)91-40-4-16-52-103(91)119)79-87(74-83)132-82-85-77-114(127-69-33-27-63-120-104-53-17-5-41-92(104)93-42-6-18-54-105(93)120)117(130-72-36-30-66-123-110-59-23-11-47-98(110)99-48-12-24-60-111(99)123)115(78-85)128-70-34-28-64-121-106-55-19-7-43-94(106)95-44-8-20-56-107(95)121/h1-23,37-59,73-79,124H,24-36,60-72,80-82H2. The van der Waals surface area contributed by atoms with Gasteiger partial charge in [-0.1, -0.05) is 212 Å². The van der Waals surface area contributed by atoms with E-state index in [0.717, 1.165) is 140 Å². The van der Waals surface area contributed by atoms with Crippen molar-refractivity contribution in [3.8, 4) is 46.0 Å². The molecule has 0 unspecified atom stereocenters. The number of hydrogen-bond donors (Lipinski definition) is 1. The van der Waals surface area contributed by atoms with Crippen LogP contribution < -0.4 is 37.9 Å². The molecule has 21 rings (SSSR count). The lowest BCUT2D eigenvalue weighted by Crippen LogP contribution is -2.10. The predicted octanol–water partition coefficient (Wildman–Crippen LogP) is 27.9. The van der Waals surface area contributed by atoms with Gasteiger partial charge in [0.25, 0.3) is 0 Å². The van der Waals surface area contributed by atoms with Gasteiger partial charge in [-0.2, -0.15) is 0 Å². The van der Waals surface area contributed by atoms with Crippen LogP contribution >= 0.6 is 0 Å². The second kappa shape index (κ2) is 39.6. The molecule has 0 saturated heterocycles. The third-order valence-electron chi connectivity index (χ3n) is 26.6. The summed E-state index contributed by atoms with van der Waals surface area (Å²) in [5, 5.41) is 25.0. The third-order valence-corrected chi connectivity index (χ3v) is 26.6. The zero-order chi connectivity index (χ0) is 88.3. The first-order chi connectivity index (χ1) is 65.5. The van der Waals surface area contributed by atoms with Crippen molar-refractivity contribution in [3.63, 3.8) is 0 Å². The Bertz CT molecular complexity index is 6990. The van der Waals surface area contributed by atoms with Crippen LogP contribution in [-0.2, 0) is 65.5 Å². The molecule has 0 saturated carbocycles.